The van der Waals surface area contributed by atoms with Crippen molar-refractivity contribution < 1.29 is 9.84 Å². The van der Waals surface area contributed by atoms with Gasteiger partial charge in [-0.1, -0.05) is 13.8 Å². The number of hydrogen-bond donors (Lipinski definition) is 2. The summed E-state index contributed by atoms with van der Waals surface area (Å²) in [6.45, 7) is 6.23. The van der Waals surface area contributed by atoms with Gasteiger partial charge in [0.15, 0.2) is 0 Å². The molecule has 5 nitrogen and oxygen atoms in total. The van der Waals surface area contributed by atoms with Crippen molar-refractivity contribution in [1.29, 1.82) is 0 Å². The Hall–Kier alpha value is -1.36. The number of nitrogens with zero attached hydrogens (tertiary/aromatic N) is 2. The van der Waals surface area contributed by atoms with Gasteiger partial charge in [0.25, 0.3) is 0 Å². The molecule has 0 radical (unpaired) electrons. The van der Waals surface area contributed by atoms with Crippen molar-refractivity contribution >= 4 is 5.82 Å². The smallest absolute Gasteiger partial charge is 0.221 e. The Balaban J connectivity index is 2.79. The third-order valence-electron chi connectivity index (χ3n) is 2.55. The Morgan fingerprint density at radius 1 is 1.41 bits per heavy atom. The molecule has 17 heavy (non-hydrogen) atoms. The Morgan fingerprint density at radius 2 is 2.12 bits per heavy atom. The summed E-state index contributed by atoms with van der Waals surface area (Å²) >= 11 is 0. The van der Waals surface area contributed by atoms with Crippen molar-refractivity contribution in [3.63, 3.8) is 0 Å². The second-order valence-corrected chi connectivity index (χ2v) is 4.51. The van der Waals surface area contributed by atoms with Gasteiger partial charge in [0.1, 0.15) is 12.1 Å². The number of ether oxygens (including phenoxy) is 1. The molecule has 0 aromatic carbocycles. The number of anilines is 1. The van der Waals surface area contributed by atoms with E-state index < -0.39 is 0 Å². The van der Waals surface area contributed by atoms with Crippen LogP contribution in [0.25, 0.3) is 0 Å². The fourth-order valence-corrected chi connectivity index (χ4v) is 1.73. The average molecular weight is 239 g/mol. The number of aliphatic hydroxyl groups excluding tert-OH is 1. The summed E-state index contributed by atoms with van der Waals surface area (Å²) in [6.07, 6.45) is 2.35. The lowest BCUT2D eigenvalue weighted by Crippen LogP contribution is -2.26. The highest BCUT2D eigenvalue weighted by Crippen LogP contribution is 2.21. The van der Waals surface area contributed by atoms with E-state index in [1.54, 1.807) is 7.11 Å². The van der Waals surface area contributed by atoms with Crippen molar-refractivity contribution in [2.75, 3.05) is 19.0 Å². The summed E-state index contributed by atoms with van der Waals surface area (Å²) in [5.74, 6) is 1.80. The van der Waals surface area contributed by atoms with Gasteiger partial charge < -0.3 is 15.2 Å². The van der Waals surface area contributed by atoms with Crippen LogP contribution < -0.4 is 10.1 Å². The minimum atomic E-state index is 0.00769. The lowest BCUT2D eigenvalue weighted by Gasteiger charge is -2.20. The highest BCUT2D eigenvalue weighted by Gasteiger charge is 2.13. The highest BCUT2D eigenvalue weighted by molar-refractivity contribution is 5.48. The van der Waals surface area contributed by atoms with E-state index in [0.29, 0.717) is 11.8 Å². The molecule has 0 aliphatic heterocycles. The largest absolute Gasteiger partial charge is 0.481 e. The second kappa shape index (κ2) is 6.39. The number of aliphatic hydroxyl groups is 1. The van der Waals surface area contributed by atoms with E-state index in [9.17, 15) is 5.11 Å². The molecule has 0 saturated carbocycles. The molecule has 1 rings (SSSR count). The molecule has 1 heterocycles. The van der Waals surface area contributed by atoms with Crippen LogP contribution in [-0.4, -0.2) is 34.8 Å². The van der Waals surface area contributed by atoms with Gasteiger partial charge in [0, 0.05) is 0 Å². The van der Waals surface area contributed by atoms with E-state index in [0.717, 1.165) is 17.8 Å². The molecular weight excluding hydrogens is 218 g/mol. The Morgan fingerprint density at radius 3 is 2.65 bits per heavy atom. The molecule has 0 aliphatic carbocycles. The molecular formula is C12H21N3O2. The van der Waals surface area contributed by atoms with Crippen LogP contribution in [0.1, 0.15) is 25.8 Å². The maximum Gasteiger partial charge on any atom is 0.221 e. The molecule has 1 aromatic heterocycles. The van der Waals surface area contributed by atoms with Crippen LogP contribution in [0.2, 0.25) is 0 Å². The van der Waals surface area contributed by atoms with Crippen LogP contribution in [0.4, 0.5) is 5.82 Å². The van der Waals surface area contributed by atoms with E-state index in [4.69, 9.17) is 4.74 Å². The molecule has 0 aliphatic rings. The summed E-state index contributed by atoms with van der Waals surface area (Å²) in [5, 5.41) is 12.5. The number of nitrogens with one attached hydrogen (secondary N) is 1. The molecule has 0 fully saturated rings. The van der Waals surface area contributed by atoms with Crippen molar-refractivity contribution in [3.05, 3.63) is 11.9 Å². The third-order valence-corrected chi connectivity index (χ3v) is 2.55. The maximum atomic E-state index is 9.32. The van der Waals surface area contributed by atoms with Crippen LogP contribution >= 0.6 is 0 Å². The molecule has 2 N–H and O–H groups in total. The van der Waals surface area contributed by atoms with Crippen molar-refractivity contribution in [2.24, 2.45) is 5.92 Å². The van der Waals surface area contributed by atoms with E-state index in [1.165, 1.54) is 6.33 Å². The summed E-state index contributed by atoms with van der Waals surface area (Å²) in [6, 6.07) is 0.00769. The molecule has 5 heteroatoms. The van der Waals surface area contributed by atoms with E-state index in [2.05, 4.69) is 29.1 Å². The molecule has 1 unspecified atom stereocenters. The van der Waals surface area contributed by atoms with Gasteiger partial charge in [-0.3, -0.25) is 0 Å². The summed E-state index contributed by atoms with van der Waals surface area (Å²) in [5.41, 5.74) is 0.859. The normalized spacial score (nSPS) is 12.6. The Kier molecular flexibility index (Phi) is 5.15. The van der Waals surface area contributed by atoms with Crippen LogP contribution in [0.5, 0.6) is 5.88 Å². The minimum Gasteiger partial charge on any atom is -0.481 e. The molecule has 0 saturated heterocycles. The first kappa shape index (κ1) is 13.7. The summed E-state index contributed by atoms with van der Waals surface area (Å²) < 4.78 is 5.13. The summed E-state index contributed by atoms with van der Waals surface area (Å²) in [7, 11) is 1.58. The van der Waals surface area contributed by atoms with Crippen LogP contribution in [0, 0.1) is 12.8 Å². The van der Waals surface area contributed by atoms with E-state index in [1.807, 2.05) is 6.92 Å². The Labute approximate surface area is 102 Å². The first-order valence-electron chi connectivity index (χ1n) is 5.81. The molecule has 1 atom stereocenters. The minimum absolute atomic E-state index is 0.00769. The average Bonchev–Trinajstić information content (AvgIpc) is 2.30. The number of aromatic nitrogens is 2. The molecule has 96 valence electrons. The highest BCUT2D eigenvalue weighted by atomic mass is 16.5. The monoisotopic (exact) mass is 239 g/mol. The zero-order chi connectivity index (χ0) is 12.8. The number of rotatable bonds is 6. The van der Waals surface area contributed by atoms with Crippen molar-refractivity contribution in [2.45, 2.75) is 33.2 Å². The van der Waals surface area contributed by atoms with Gasteiger partial charge in [-0.15, -0.1) is 0 Å². The quantitative estimate of drug-likeness (QED) is 0.789. The first-order valence-corrected chi connectivity index (χ1v) is 5.81. The summed E-state index contributed by atoms with van der Waals surface area (Å²) in [4.78, 5) is 8.18. The number of hydrogen-bond acceptors (Lipinski definition) is 5. The van der Waals surface area contributed by atoms with Gasteiger partial charge in [-0.05, 0) is 19.3 Å². The van der Waals surface area contributed by atoms with Gasteiger partial charge in [0.2, 0.25) is 5.88 Å². The predicted molar refractivity (Wildman–Crippen MR) is 67.3 cm³/mol. The molecule has 1 aromatic rings. The van der Waals surface area contributed by atoms with Crippen LogP contribution in [0.3, 0.4) is 0 Å². The third kappa shape index (κ3) is 3.85. The second-order valence-electron chi connectivity index (χ2n) is 4.51. The van der Waals surface area contributed by atoms with E-state index in [-0.39, 0.29) is 12.6 Å². The SMILES string of the molecule is COc1ncnc(NC(CO)CC(C)C)c1C. The standard InChI is InChI=1S/C12H21N3O2/c1-8(2)5-10(6-16)15-11-9(3)12(17-4)14-7-13-11/h7-8,10,16H,5-6H2,1-4H3,(H,13,14,15). The number of methoxy groups -OCH3 is 1. The lowest BCUT2D eigenvalue weighted by molar-refractivity contribution is 0.259. The molecule has 0 bridgehead atoms. The topological polar surface area (TPSA) is 67.3 Å². The van der Waals surface area contributed by atoms with Gasteiger partial charge in [-0.25, -0.2) is 9.97 Å². The van der Waals surface area contributed by atoms with Crippen molar-refractivity contribution in [3.8, 4) is 5.88 Å². The fourth-order valence-electron chi connectivity index (χ4n) is 1.73. The first-order chi connectivity index (χ1) is 8.08. The van der Waals surface area contributed by atoms with Gasteiger partial charge >= 0.3 is 0 Å². The van der Waals surface area contributed by atoms with E-state index >= 15 is 0 Å². The Bertz CT molecular complexity index is 356. The molecule has 0 spiro atoms. The zero-order valence-electron chi connectivity index (χ0n) is 10.9. The fraction of sp³-hybridized carbons (Fsp3) is 0.667. The lowest BCUT2D eigenvalue weighted by atomic mass is 10.0. The van der Waals surface area contributed by atoms with Crippen LogP contribution in [-0.2, 0) is 0 Å². The molecule has 0 amide bonds. The van der Waals surface area contributed by atoms with Gasteiger partial charge in [-0.2, -0.15) is 0 Å². The zero-order valence-corrected chi connectivity index (χ0v) is 10.9. The predicted octanol–water partition coefficient (Wildman–Crippen LogP) is 1.61. The van der Waals surface area contributed by atoms with Crippen LogP contribution in [0.15, 0.2) is 6.33 Å². The maximum absolute atomic E-state index is 9.32. The van der Waals surface area contributed by atoms with Crippen molar-refractivity contribution in [1.82, 2.24) is 9.97 Å². The van der Waals surface area contributed by atoms with Gasteiger partial charge in [0.05, 0.1) is 25.3 Å².